The molecule has 128 valence electrons. The van der Waals surface area contributed by atoms with Crippen LogP contribution in [0.1, 0.15) is 5.56 Å². The molecule has 1 aromatic heterocycles. The fourth-order valence-electron chi connectivity index (χ4n) is 2.23. The molecule has 2 aromatic carbocycles. The minimum atomic E-state index is 0.258. The Balaban J connectivity index is 1.88. The predicted octanol–water partition coefficient (Wildman–Crippen LogP) is 4.57. The Morgan fingerprint density at radius 3 is 2.68 bits per heavy atom. The van der Waals surface area contributed by atoms with E-state index in [0.29, 0.717) is 28.0 Å². The van der Waals surface area contributed by atoms with Gasteiger partial charge in [0.2, 0.25) is 5.88 Å². The normalized spacial score (nSPS) is 10.4. The molecule has 3 rings (SSSR count). The second-order valence-electron chi connectivity index (χ2n) is 5.28. The van der Waals surface area contributed by atoms with E-state index in [1.807, 2.05) is 37.3 Å². The smallest absolute Gasteiger partial charge is 0.248 e. The molecule has 25 heavy (non-hydrogen) atoms. The lowest BCUT2D eigenvalue weighted by Crippen LogP contribution is -2.04. The van der Waals surface area contributed by atoms with Crippen LogP contribution in [-0.2, 0) is 0 Å². The summed E-state index contributed by atoms with van der Waals surface area (Å²) in [4.78, 5) is 8.29. The molecule has 0 bridgehead atoms. The summed E-state index contributed by atoms with van der Waals surface area (Å²) in [6.07, 6.45) is 1.38. The number of halogens is 1. The first-order chi connectivity index (χ1) is 12.1. The van der Waals surface area contributed by atoms with Crippen LogP contribution in [0.3, 0.4) is 0 Å². The van der Waals surface area contributed by atoms with Crippen molar-refractivity contribution in [3.05, 3.63) is 59.4 Å². The standard InChI is InChI=1S/C18H17ClN4O2/c1-11-9-12(7-8-13(11)19)25-18-16(20)17(21-10-22-18)23-14-5-3-4-6-15(14)24-2/h3-10H,20H2,1-2H3,(H,21,22,23). The minimum absolute atomic E-state index is 0.258. The van der Waals surface area contributed by atoms with Gasteiger partial charge in [-0.2, -0.15) is 4.98 Å². The number of hydrogen-bond donors (Lipinski definition) is 2. The Kier molecular flexibility index (Phi) is 4.90. The summed E-state index contributed by atoms with van der Waals surface area (Å²) in [5.74, 6) is 1.96. The van der Waals surface area contributed by atoms with Crippen LogP contribution < -0.4 is 20.5 Å². The first-order valence-electron chi connectivity index (χ1n) is 7.53. The third kappa shape index (κ3) is 3.75. The van der Waals surface area contributed by atoms with Gasteiger partial charge >= 0.3 is 0 Å². The molecule has 7 heteroatoms. The molecule has 0 saturated heterocycles. The molecule has 1 heterocycles. The zero-order valence-corrected chi connectivity index (χ0v) is 14.5. The van der Waals surface area contributed by atoms with Crippen LogP contribution in [0.5, 0.6) is 17.4 Å². The highest BCUT2D eigenvalue weighted by Crippen LogP contribution is 2.34. The number of rotatable bonds is 5. The highest BCUT2D eigenvalue weighted by Gasteiger charge is 2.12. The van der Waals surface area contributed by atoms with Crippen LogP contribution in [0.25, 0.3) is 0 Å². The number of para-hydroxylation sites is 2. The number of anilines is 3. The monoisotopic (exact) mass is 356 g/mol. The van der Waals surface area contributed by atoms with E-state index >= 15 is 0 Å². The molecule has 3 N–H and O–H groups in total. The van der Waals surface area contributed by atoms with Gasteiger partial charge in [0, 0.05) is 5.02 Å². The van der Waals surface area contributed by atoms with E-state index in [1.165, 1.54) is 6.33 Å². The molecule has 0 aliphatic heterocycles. The van der Waals surface area contributed by atoms with Crippen LogP contribution >= 0.6 is 11.6 Å². The van der Waals surface area contributed by atoms with Crippen molar-refractivity contribution >= 4 is 28.8 Å². The molecule has 3 aromatic rings. The van der Waals surface area contributed by atoms with Crippen molar-refractivity contribution in [1.29, 1.82) is 0 Å². The quantitative estimate of drug-likeness (QED) is 0.697. The average Bonchev–Trinajstić information content (AvgIpc) is 2.62. The average molecular weight is 357 g/mol. The summed E-state index contributed by atoms with van der Waals surface area (Å²) < 4.78 is 11.1. The summed E-state index contributed by atoms with van der Waals surface area (Å²) in [6.45, 7) is 1.90. The number of nitrogens with two attached hydrogens (primary N) is 1. The predicted molar refractivity (Wildman–Crippen MR) is 99.0 cm³/mol. The number of aromatic nitrogens is 2. The Hall–Kier alpha value is -2.99. The molecule has 0 aliphatic carbocycles. The summed E-state index contributed by atoms with van der Waals surface area (Å²) in [6, 6.07) is 12.8. The van der Waals surface area contributed by atoms with Gasteiger partial charge in [-0.1, -0.05) is 23.7 Å². The number of methoxy groups -OCH3 is 1. The Bertz CT molecular complexity index is 902. The van der Waals surface area contributed by atoms with E-state index in [4.69, 9.17) is 26.8 Å². The van der Waals surface area contributed by atoms with E-state index in [9.17, 15) is 0 Å². The van der Waals surface area contributed by atoms with Gasteiger partial charge in [-0.25, -0.2) is 4.98 Å². The zero-order valence-electron chi connectivity index (χ0n) is 13.8. The molecule has 0 unspecified atom stereocenters. The summed E-state index contributed by atoms with van der Waals surface area (Å²) in [5, 5.41) is 3.80. The van der Waals surface area contributed by atoms with Crippen LogP contribution in [0, 0.1) is 6.92 Å². The second-order valence-corrected chi connectivity index (χ2v) is 5.69. The lowest BCUT2D eigenvalue weighted by Gasteiger charge is -2.14. The Morgan fingerprint density at radius 1 is 1.12 bits per heavy atom. The molecule has 0 amide bonds. The molecule has 0 fully saturated rings. The van der Waals surface area contributed by atoms with Gasteiger partial charge in [0.25, 0.3) is 0 Å². The van der Waals surface area contributed by atoms with E-state index in [2.05, 4.69) is 15.3 Å². The number of ether oxygens (including phenoxy) is 2. The van der Waals surface area contributed by atoms with Crippen molar-refractivity contribution < 1.29 is 9.47 Å². The topological polar surface area (TPSA) is 82.3 Å². The van der Waals surface area contributed by atoms with Crippen molar-refractivity contribution in [3.8, 4) is 17.4 Å². The van der Waals surface area contributed by atoms with Crippen molar-refractivity contribution in [2.75, 3.05) is 18.2 Å². The lowest BCUT2D eigenvalue weighted by molar-refractivity contribution is 0.417. The molecular weight excluding hydrogens is 340 g/mol. The first kappa shape index (κ1) is 16.9. The Morgan fingerprint density at radius 2 is 1.92 bits per heavy atom. The third-order valence-electron chi connectivity index (χ3n) is 3.55. The molecular formula is C18H17ClN4O2. The van der Waals surface area contributed by atoms with E-state index < -0.39 is 0 Å². The van der Waals surface area contributed by atoms with Gasteiger partial charge in [0.05, 0.1) is 12.8 Å². The SMILES string of the molecule is COc1ccccc1Nc1ncnc(Oc2ccc(Cl)c(C)c2)c1N. The molecule has 0 aliphatic rings. The van der Waals surface area contributed by atoms with Gasteiger partial charge in [0.1, 0.15) is 23.5 Å². The summed E-state index contributed by atoms with van der Waals surface area (Å²) in [7, 11) is 1.60. The van der Waals surface area contributed by atoms with Gasteiger partial charge < -0.3 is 20.5 Å². The minimum Gasteiger partial charge on any atom is -0.495 e. The Labute approximate surface area is 150 Å². The third-order valence-corrected chi connectivity index (χ3v) is 3.98. The van der Waals surface area contributed by atoms with Gasteiger partial charge in [-0.15, -0.1) is 0 Å². The van der Waals surface area contributed by atoms with Crippen LogP contribution in [0.15, 0.2) is 48.8 Å². The van der Waals surface area contributed by atoms with Crippen molar-refractivity contribution in [1.82, 2.24) is 9.97 Å². The maximum Gasteiger partial charge on any atom is 0.248 e. The van der Waals surface area contributed by atoms with Crippen molar-refractivity contribution in [2.45, 2.75) is 6.92 Å². The molecule has 0 radical (unpaired) electrons. The van der Waals surface area contributed by atoms with E-state index in [1.54, 1.807) is 19.2 Å². The van der Waals surface area contributed by atoms with Gasteiger partial charge in [-0.05, 0) is 42.8 Å². The largest absolute Gasteiger partial charge is 0.495 e. The maximum atomic E-state index is 6.16. The maximum absolute atomic E-state index is 6.16. The fourth-order valence-corrected chi connectivity index (χ4v) is 2.35. The van der Waals surface area contributed by atoms with Crippen LogP contribution in [0.2, 0.25) is 5.02 Å². The zero-order chi connectivity index (χ0) is 17.8. The fraction of sp³-hybridized carbons (Fsp3) is 0.111. The summed E-state index contributed by atoms with van der Waals surface area (Å²) in [5.41, 5.74) is 8.09. The number of aryl methyl sites for hydroxylation is 1. The van der Waals surface area contributed by atoms with E-state index in [0.717, 1.165) is 11.3 Å². The molecule has 6 nitrogen and oxygen atoms in total. The lowest BCUT2D eigenvalue weighted by atomic mass is 10.2. The van der Waals surface area contributed by atoms with Gasteiger partial charge in [0.15, 0.2) is 5.82 Å². The molecule has 0 spiro atoms. The number of hydrogen-bond acceptors (Lipinski definition) is 6. The van der Waals surface area contributed by atoms with Crippen molar-refractivity contribution in [3.63, 3.8) is 0 Å². The molecule has 0 saturated carbocycles. The molecule has 0 atom stereocenters. The van der Waals surface area contributed by atoms with Crippen LogP contribution in [0.4, 0.5) is 17.2 Å². The highest BCUT2D eigenvalue weighted by atomic mass is 35.5. The van der Waals surface area contributed by atoms with Crippen LogP contribution in [-0.4, -0.2) is 17.1 Å². The number of nitrogen functional groups attached to an aromatic ring is 1. The van der Waals surface area contributed by atoms with Gasteiger partial charge in [-0.3, -0.25) is 0 Å². The number of nitrogens with zero attached hydrogens (tertiary/aromatic N) is 2. The van der Waals surface area contributed by atoms with E-state index in [-0.39, 0.29) is 5.88 Å². The second kappa shape index (κ2) is 7.27. The number of benzene rings is 2. The first-order valence-corrected chi connectivity index (χ1v) is 7.91. The highest BCUT2D eigenvalue weighted by molar-refractivity contribution is 6.31. The number of nitrogens with one attached hydrogen (secondary N) is 1. The van der Waals surface area contributed by atoms with Crippen molar-refractivity contribution in [2.24, 2.45) is 0 Å². The summed E-state index contributed by atoms with van der Waals surface area (Å²) >= 11 is 6.03.